The number of ether oxygens (including phenoxy) is 2. The van der Waals surface area contributed by atoms with Gasteiger partial charge in [-0.2, -0.15) is 4.31 Å². The number of sulfonamides is 1. The predicted octanol–water partition coefficient (Wildman–Crippen LogP) is 4.00. The molecule has 2 aromatic rings. The van der Waals surface area contributed by atoms with Crippen LogP contribution in [0.25, 0.3) is 0 Å². The lowest BCUT2D eigenvalue weighted by molar-refractivity contribution is 0.0939. The van der Waals surface area contributed by atoms with Gasteiger partial charge in [0.05, 0.1) is 24.7 Å². The summed E-state index contributed by atoms with van der Waals surface area (Å²) >= 11 is 0. The average Bonchev–Trinajstić information content (AvgIpc) is 2.76. The number of nitrogens with one attached hydrogen (secondary N) is 1. The first-order chi connectivity index (χ1) is 14.6. The molecule has 1 N–H and O–H groups in total. The van der Waals surface area contributed by atoms with E-state index in [0.29, 0.717) is 18.1 Å². The zero-order valence-electron chi connectivity index (χ0n) is 19.0. The maximum Gasteiger partial charge on any atom is 0.251 e. The van der Waals surface area contributed by atoms with Gasteiger partial charge in [0.2, 0.25) is 10.0 Å². The van der Waals surface area contributed by atoms with Crippen LogP contribution in [0.1, 0.15) is 56.1 Å². The van der Waals surface area contributed by atoms with Gasteiger partial charge in [0.25, 0.3) is 5.91 Å². The van der Waals surface area contributed by atoms with Gasteiger partial charge in [0.1, 0.15) is 0 Å². The Balaban J connectivity index is 2.20. The molecule has 170 valence electrons. The molecule has 2 aromatic carbocycles. The lowest BCUT2D eigenvalue weighted by Crippen LogP contribution is -2.33. The van der Waals surface area contributed by atoms with E-state index in [-0.39, 0.29) is 28.4 Å². The molecule has 2 rings (SSSR count). The van der Waals surface area contributed by atoms with Crippen molar-refractivity contribution >= 4 is 15.9 Å². The molecule has 0 aliphatic rings. The predicted molar refractivity (Wildman–Crippen MR) is 121 cm³/mol. The molecule has 31 heavy (non-hydrogen) atoms. The fourth-order valence-corrected chi connectivity index (χ4v) is 4.30. The van der Waals surface area contributed by atoms with Crippen molar-refractivity contribution in [2.24, 2.45) is 0 Å². The highest BCUT2D eigenvalue weighted by Gasteiger charge is 2.24. The zero-order valence-corrected chi connectivity index (χ0v) is 19.8. The van der Waals surface area contributed by atoms with Crippen molar-refractivity contribution in [3.05, 3.63) is 53.6 Å². The van der Waals surface area contributed by atoms with Gasteiger partial charge in [-0.3, -0.25) is 4.79 Å². The second-order valence-electron chi connectivity index (χ2n) is 7.60. The summed E-state index contributed by atoms with van der Waals surface area (Å²) in [4.78, 5) is 12.9. The Morgan fingerprint density at radius 2 is 1.81 bits per heavy atom. The summed E-state index contributed by atoms with van der Waals surface area (Å²) in [5, 5.41) is 2.91. The first-order valence-electron chi connectivity index (χ1n) is 10.3. The third kappa shape index (κ3) is 5.98. The lowest BCUT2D eigenvalue weighted by Gasteiger charge is -2.21. The van der Waals surface area contributed by atoms with E-state index in [0.717, 1.165) is 12.0 Å². The third-order valence-corrected chi connectivity index (χ3v) is 7.03. The van der Waals surface area contributed by atoms with Crippen LogP contribution in [0.15, 0.2) is 47.4 Å². The fraction of sp³-hybridized carbons (Fsp3) is 0.435. The molecule has 0 spiro atoms. The maximum absolute atomic E-state index is 12.8. The summed E-state index contributed by atoms with van der Waals surface area (Å²) in [5.41, 5.74) is 1.12. The minimum absolute atomic E-state index is 0.0862. The van der Waals surface area contributed by atoms with Gasteiger partial charge in [-0.15, -0.1) is 0 Å². The van der Waals surface area contributed by atoms with Crippen molar-refractivity contribution in [1.82, 2.24) is 9.62 Å². The summed E-state index contributed by atoms with van der Waals surface area (Å²) in [6, 6.07) is 11.1. The molecule has 0 bridgehead atoms. The largest absolute Gasteiger partial charge is 0.493 e. The smallest absolute Gasteiger partial charge is 0.251 e. The van der Waals surface area contributed by atoms with Crippen LogP contribution in [0.4, 0.5) is 0 Å². The summed E-state index contributed by atoms with van der Waals surface area (Å²) < 4.78 is 37.8. The van der Waals surface area contributed by atoms with Crippen LogP contribution in [0.5, 0.6) is 11.5 Å². The Morgan fingerprint density at radius 3 is 2.42 bits per heavy atom. The number of rotatable bonds is 10. The van der Waals surface area contributed by atoms with Crippen molar-refractivity contribution in [3.8, 4) is 11.5 Å². The molecule has 0 saturated heterocycles. The maximum atomic E-state index is 12.8. The normalized spacial score (nSPS) is 12.6. The number of methoxy groups -OCH3 is 1. The van der Waals surface area contributed by atoms with E-state index in [2.05, 4.69) is 5.32 Å². The quantitative estimate of drug-likeness (QED) is 0.594. The molecule has 0 fully saturated rings. The van der Waals surface area contributed by atoms with Crippen LogP contribution in [-0.4, -0.2) is 45.4 Å². The highest BCUT2D eigenvalue weighted by atomic mass is 32.2. The molecule has 0 heterocycles. The molecule has 0 aliphatic carbocycles. The number of nitrogens with zero attached hydrogens (tertiary/aromatic N) is 1. The van der Waals surface area contributed by atoms with E-state index in [1.807, 2.05) is 32.0 Å². The molecule has 1 atom stereocenters. The average molecular weight is 449 g/mol. The first kappa shape index (κ1) is 24.7. The van der Waals surface area contributed by atoms with Crippen LogP contribution < -0.4 is 14.8 Å². The number of hydrogen-bond acceptors (Lipinski definition) is 5. The number of benzene rings is 2. The molecule has 8 heteroatoms. The minimum Gasteiger partial charge on any atom is -0.493 e. The molecular formula is C23H32N2O5S. The van der Waals surface area contributed by atoms with Gasteiger partial charge in [-0.1, -0.05) is 19.1 Å². The van der Waals surface area contributed by atoms with E-state index in [1.165, 1.54) is 23.5 Å². The SMILES string of the molecule is CCCOc1ccc(C(C)NC(=O)c2cccc(S(=O)(=O)N(C)C(C)C)c2)cc1OC. The number of carbonyl (C=O) groups excluding carboxylic acids is 1. The van der Waals surface area contributed by atoms with Gasteiger partial charge in [0, 0.05) is 18.7 Å². The van der Waals surface area contributed by atoms with Crippen molar-refractivity contribution in [2.45, 2.75) is 51.1 Å². The van der Waals surface area contributed by atoms with Crippen LogP contribution in [0.3, 0.4) is 0 Å². The summed E-state index contributed by atoms with van der Waals surface area (Å²) in [6.07, 6.45) is 0.888. The Labute approximate surface area is 185 Å². The van der Waals surface area contributed by atoms with Crippen LogP contribution in [0.2, 0.25) is 0 Å². The van der Waals surface area contributed by atoms with E-state index in [1.54, 1.807) is 33.1 Å². The van der Waals surface area contributed by atoms with Crippen LogP contribution in [-0.2, 0) is 10.0 Å². The Bertz CT molecular complexity index is 1000. The molecule has 0 saturated carbocycles. The van der Waals surface area contributed by atoms with E-state index < -0.39 is 10.0 Å². The number of hydrogen-bond donors (Lipinski definition) is 1. The second kappa shape index (κ2) is 10.6. The Kier molecular flexibility index (Phi) is 8.47. The fourth-order valence-electron chi connectivity index (χ4n) is 2.89. The van der Waals surface area contributed by atoms with Crippen LogP contribution in [0, 0.1) is 0 Å². The first-order valence-corrected chi connectivity index (χ1v) is 11.8. The lowest BCUT2D eigenvalue weighted by atomic mass is 10.1. The highest BCUT2D eigenvalue weighted by molar-refractivity contribution is 7.89. The summed E-state index contributed by atoms with van der Waals surface area (Å²) in [6.45, 7) is 8.06. The molecule has 0 aromatic heterocycles. The summed E-state index contributed by atoms with van der Waals surface area (Å²) in [7, 11) is -0.579. The Hall–Kier alpha value is -2.58. The third-order valence-electron chi connectivity index (χ3n) is 5.00. The molecule has 7 nitrogen and oxygen atoms in total. The summed E-state index contributed by atoms with van der Waals surface area (Å²) in [5.74, 6) is 0.887. The van der Waals surface area contributed by atoms with Gasteiger partial charge in [0.15, 0.2) is 11.5 Å². The van der Waals surface area contributed by atoms with Gasteiger partial charge < -0.3 is 14.8 Å². The topological polar surface area (TPSA) is 84.9 Å². The molecule has 1 amide bonds. The van der Waals surface area contributed by atoms with Crippen molar-refractivity contribution in [2.75, 3.05) is 20.8 Å². The standard InChI is InChI=1S/C23H32N2O5S/c1-7-13-30-21-12-11-18(15-22(21)29-6)17(4)24-23(26)19-9-8-10-20(14-19)31(27,28)25(5)16(2)3/h8-12,14-17H,7,13H2,1-6H3,(H,24,26). The Morgan fingerprint density at radius 1 is 1.10 bits per heavy atom. The molecular weight excluding hydrogens is 416 g/mol. The number of carbonyl (C=O) groups is 1. The monoisotopic (exact) mass is 448 g/mol. The number of amides is 1. The molecule has 0 radical (unpaired) electrons. The minimum atomic E-state index is -3.67. The van der Waals surface area contributed by atoms with Crippen molar-refractivity contribution in [3.63, 3.8) is 0 Å². The van der Waals surface area contributed by atoms with Gasteiger partial charge in [-0.25, -0.2) is 8.42 Å². The van der Waals surface area contributed by atoms with Gasteiger partial charge in [-0.05, 0) is 63.1 Å². The molecule has 0 aliphatic heterocycles. The van der Waals surface area contributed by atoms with Crippen LogP contribution >= 0.6 is 0 Å². The van der Waals surface area contributed by atoms with E-state index >= 15 is 0 Å². The van der Waals surface area contributed by atoms with Gasteiger partial charge >= 0.3 is 0 Å². The zero-order chi connectivity index (χ0) is 23.2. The molecule has 1 unspecified atom stereocenters. The highest BCUT2D eigenvalue weighted by Crippen LogP contribution is 2.30. The van der Waals surface area contributed by atoms with E-state index in [9.17, 15) is 13.2 Å². The second-order valence-corrected chi connectivity index (χ2v) is 9.59. The van der Waals surface area contributed by atoms with Crippen molar-refractivity contribution < 1.29 is 22.7 Å². The van der Waals surface area contributed by atoms with E-state index in [4.69, 9.17) is 9.47 Å². The van der Waals surface area contributed by atoms with Crippen molar-refractivity contribution in [1.29, 1.82) is 0 Å².